The van der Waals surface area contributed by atoms with Gasteiger partial charge in [0, 0.05) is 20.1 Å². The molecule has 8 heteroatoms. The van der Waals surface area contributed by atoms with Crippen molar-refractivity contribution in [3.8, 4) is 5.75 Å². The summed E-state index contributed by atoms with van der Waals surface area (Å²) in [5.41, 5.74) is 1.40. The number of rotatable bonds is 7. The Morgan fingerprint density at radius 3 is 2.58 bits per heavy atom. The van der Waals surface area contributed by atoms with Crippen LogP contribution in [0.1, 0.15) is 11.1 Å². The largest absolute Gasteiger partial charge is 0.435 e. The third kappa shape index (κ3) is 7.51. The molecule has 0 saturated carbocycles. The minimum absolute atomic E-state index is 0. The molecule has 0 radical (unpaired) electrons. The van der Waals surface area contributed by atoms with E-state index in [1.807, 2.05) is 0 Å². The first kappa shape index (κ1) is 22.1. The molecular formula is C18H21F3IN3O. The van der Waals surface area contributed by atoms with Gasteiger partial charge in [0.1, 0.15) is 11.6 Å². The van der Waals surface area contributed by atoms with E-state index in [-0.39, 0.29) is 35.5 Å². The van der Waals surface area contributed by atoms with Gasteiger partial charge in [0.05, 0.1) is 0 Å². The fourth-order valence-corrected chi connectivity index (χ4v) is 2.25. The summed E-state index contributed by atoms with van der Waals surface area (Å²) in [5, 5.41) is 6.15. The van der Waals surface area contributed by atoms with Gasteiger partial charge < -0.3 is 15.4 Å². The molecule has 0 unspecified atom stereocenters. The van der Waals surface area contributed by atoms with Crippen LogP contribution in [0.4, 0.5) is 13.2 Å². The van der Waals surface area contributed by atoms with E-state index >= 15 is 0 Å². The van der Waals surface area contributed by atoms with Crippen molar-refractivity contribution in [2.24, 2.45) is 4.99 Å². The highest BCUT2D eigenvalue weighted by Gasteiger charge is 2.05. The number of hydrogen-bond donors (Lipinski definition) is 2. The molecule has 0 saturated heterocycles. The van der Waals surface area contributed by atoms with Crippen LogP contribution in [0, 0.1) is 5.82 Å². The molecular weight excluding hydrogens is 458 g/mol. The average molecular weight is 479 g/mol. The molecule has 142 valence electrons. The number of aliphatic imine (C=N–C) groups is 1. The molecule has 0 fully saturated rings. The highest BCUT2D eigenvalue weighted by Crippen LogP contribution is 2.15. The minimum Gasteiger partial charge on any atom is -0.435 e. The smallest absolute Gasteiger partial charge is 0.387 e. The number of hydrogen-bond acceptors (Lipinski definition) is 2. The lowest BCUT2D eigenvalue weighted by atomic mass is 10.1. The Kier molecular flexibility index (Phi) is 9.85. The van der Waals surface area contributed by atoms with Crippen molar-refractivity contribution >= 4 is 29.9 Å². The number of guanidine groups is 1. The molecule has 2 aromatic carbocycles. The maximum atomic E-state index is 13.6. The van der Waals surface area contributed by atoms with E-state index in [0.717, 1.165) is 5.56 Å². The van der Waals surface area contributed by atoms with Gasteiger partial charge in [-0.05, 0) is 35.7 Å². The molecule has 0 aliphatic heterocycles. The minimum atomic E-state index is -2.85. The summed E-state index contributed by atoms with van der Waals surface area (Å²) in [5.74, 6) is 0.413. The van der Waals surface area contributed by atoms with Crippen molar-refractivity contribution in [3.63, 3.8) is 0 Å². The quantitative estimate of drug-likeness (QED) is 0.359. The van der Waals surface area contributed by atoms with E-state index in [2.05, 4.69) is 20.4 Å². The van der Waals surface area contributed by atoms with Crippen molar-refractivity contribution < 1.29 is 17.9 Å². The first-order valence-corrected chi connectivity index (χ1v) is 7.80. The van der Waals surface area contributed by atoms with Gasteiger partial charge in [0.2, 0.25) is 0 Å². The lowest BCUT2D eigenvalue weighted by Gasteiger charge is -2.13. The van der Waals surface area contributed by atoms with Crippen LogP contribution >= 0.6 is 24.0 Å². The van der Waals surface area contributed by atoms with Gasteiger partial charge in [0.15, 0.2) is 5.96 Å². The molecule has 0 aliphatic carbocycles. The standard InChI is InChI=1S/C18H20F3N3O.HI/c1-22-18(23-10-9-14-6-2-3-8-16(14)19)24-12-13-5-4-7-15(11-13)25-17(20)21;/h2-8,11,17H,9-10,12H2,1H3,(H2,22,23,24);1H. The van der Waals surface area contributed by atoms with Gasteiger partial charge in [-0.15, -0.1) is 24.0 Å². The normalized spacial score (nSPS) is 11.0. The Bertz CT molecular complexity index is 714. The second kappa shape index (κ2) is 11.6. The predicted molar refractivity (Wildman–Crippen MR) is 107 cm³/mol. The van der Waals surface area contributed by atoms with Crippen molar-refractivity contribution in [1.29, 1.82) is 0 Å². The van der Waals surface area contributed by atoms with Crippen LogP contribution in [0.2, 0.25) is 0 Å². The van der Waals surface area contributed by atoms with Crippen LogP contribution in [0.25, 0.3) is 0 Å². The zero-order valence-corrected chi connectivity index (χ0v) is 16.5. The number of halogens is 4. The third-order valence-electron chi connectivity index (χ3n) is 3.45. The molecule has 0 aliphatic rings. The summed E-state index contributed by atoms with van der Waals surface area (Å²) in [6, 6.07) is 13.0. The summed E-state index contributed by atoms with van der Waals surface area (Å²) in [6.45, 7) is -1.95. The Hall–Kier alpha value is -1.97. The molecule has 0 bridgehead atoms. The molecule has 0 atom stereocenters. The van der Waals surface area contributed by atoms with E-state index < -0.39 is 6.61 Å². The highest BCUT2D eigenvalue weighted by atomic mass is 127. The summed E-state index contributed by atoms with van der Waals surface area (Å²) < 4.78 is 42.4. The van der Waals surface area contributed by atoms with Crippen LogP contribution < -0.4 is 15.4 Å². The van der Waals surface area contributed by atoms with E-state index in [1.165, 1.54) is 18.2 Å². The number of nitrogens with zero attached hydrogens (tertiary/aromatic N) is 1. The SMILES string of the molecule is CN=C(NCCc1ccccc1F)NCc1cccc(OC(F)F)c1.I. The van der Waals surface area contributed by atoms with Crippen LogP contribution in [-0.4, -0.2) is 26.2 Å². The zero-order chi connectivity index (χ0) is 18.1. The fourth-order valence-electron chi connectivity index (χ4n) is 2.25. The maximum Gasteiger partial charge on any atom is 0.387 e. The highest BCUT2D eigenvalue weighted by molar-refractivity contribution is 14.0. The predicted octanol–water partition coefficient (Wildman–Crippen LogP) is 3.95. The number of alkyl halides is 2. The summed E-state index contributed by atoms with van der Waals surface area (Å²) in [7, 11) is 1.62. The third-order valence-corrected chi connectivity index (χ3v) is 3.45. The van der Waals surface area contributed by atoms with Crippen molar-refractivity contribution in [1.82, 2.24) is 10.6 Å². The summed E-state index contributed by atoms with van der Waals surface area (Å²) >= 11 is 0. The first-order valence-electron chi connectivity index (χ1n) is 7.80. The van der Waals surface area contributed by atoms with E-state index in [0.29, 0.717) is 31.0 Å². The molecule has 2 aromatic rings. The van der Waals surface area contributed by atoms with E-state index in [1.54, 1.807) is 37.4 Å². The molecule has 0 spiro atoms. The first-order chi connectivity index (χ1) is 12.1. The van der Waals surface area contributed by atoms with Crippen molar-refractivity contribution in [3.05, 3.63) is 65.5 Å². The van der Waals surface area contributed by atoms with Crippen LogP contribution in [-0.2, 0) is 13.0 Å². The van der Waals surface area contributed by atoms with Gasteiger partial charge in [-0.2, -0.15) is 8.78 Å². The molecule has 2 N–H and O–H groups in total. The van der Waals surface area contributed by atoms with Gasteiger partial charge in [-0.25, -0.2) is 4.39 Å². The molecule has 0 amide bonds. The van der Waals surface area contributed by atoms with Gasteiger partial charge >= 0.3 is 6.61 Å². The topological polar surface area (TPSA) is 45.7 Å². The monoisotopic (exact) mass is 479 g/mol. The molecule has 2 rings (SSSR count). The number of benzene rings is 2. The van der Waals surface area contributed by atoms with Gasteiger partial charge in [-0.1, -0.05) is 30.3 Å². The van der Waals surface area contributed by atoms with E-state index in [4.69, 9.17) is 0 Å². The zero-order valence-electron chi connectivity index (χ0n) is 14.2. The van der Waals surface area contributed by atoms with Crippen LogP contribution in [0.5, 0.6) is 5.75 Å². The Morgan fingerprint density at radius 1 is 1.12 bits per heavy atom. The Balaban J connectivity index is 0.00000338. The molecule has 0 heterocycles. The maximum absolute atomic E-state index is 13.6. The summed E-state index contributed by atoms with van der Waals surface area (Å²) in [4.78, 5) is 4.08. The average Bonchev–Trinajstić information content (AvgIpc) is 2.59. The molecule has 4 nitrogen and oxygen atoms in total. The second-order valence-electron chi connectivity index (χ2n) is 5.22. The molecule has 26 heavy (non-hydrogen) atoms. The fraction of sp³-hybridized carbons (Fsp3) is 0.278. The summed E-state index contributed by atoms with van der Waals surface area (Å²) in [6.07, 6.45) is 0.519. The lowest BCUT2D eigenvalue weighted by molar-refractivity contribution is -0.0498. The van der Waals surface area contributed by atoms with Crippen molar-refractivity contribution in [2.75, 3.05) is 13.6 Å². The van der Waals surface area contributed by atoms with Gasteiger partial charge in [0.25, 0.3) is 0 Å². The Morgan fingerprint density at radius 2 is 1.88 bits per heavy atom. The Labute approximate surface area is 167 Å². The van der Waals surface area contributed by atoms with Gasteiger partial charge in [-0.3, -0.25) is 4.99 Å². The molecule has 0 aromatic heterocycles. The van der Waals surface area contributed by atoms with Crippen LogP contribution in [0.15, 0.2) is 53.5 Å². The van der Waals surface area contributed by atoms with Crippen molar-refractivity contribution in [2.45, 2.75) is 19.6 Å². The van der Waals surface area contributed by atoms with Crippen LogP contribution in [0.3, 0.4) is 0 Å². The number of nitrogens with one attached hydrogen (secondary N) is 2. The second-order valence-corrected chi connectivity index (χ2v) is 5.22. The van der Waals surface area contributed by atoms with E-state index in [9.17, 15) is 13.2 Å². The lowest BCUT2D eigenvalue weighted by Crippen LogP contribution is -2.37. The number of ether oxygens (including phenoxy) is 1.